The first-order valence-corrected chi connectivity index (χ1v) is 14.0. The second-order valence-corrected chi connectivity index (χ2v) is 9.02. The van der Waals surface area contributed by atoms with Crippen LogP contribution in [0.5, 0.6) is 17.2 Å². The molecule has 4 rings (SSSR count). The van der Waals surface area contributed by atoms with Gasteiger partial charge < -0.3 is 21.4 Å². The minimum absolute atomic E-state index is 0. The molecule has 0 fully saturated rings. The molecule has 4 aromatic rings. The number of phenols is 1. The Morgan fingerprint density at radius 1 is 0.800 bits per heavy atom. The van der Waals surface area contributed by atoms with Crippen LogP contribution >= 0.6 is 9.03 Å². The Hall–Kier alpha value is -3.36. The number of hydrogen-bond donors (Lipinski definition) is 1. The first kappa shape index (κ1) is 51.0. The number of rotatable bonds is 6. The number of benzene rings is 4. The molecule has 0 saturated heterocycles. The fourth-order valence-electron chi connectivity index (χ4n) is 3.30. The van der Waals surface area contributed by atoms with Crippen LogP contribution in [-0.4, -0.2) is 23.5 Å². The molecule has 0 atom stereocenters. The van der Waals surface area contributed by atoms with Gasteiger partial charge in [0.25, 0.3) is 12.2 Å². The number of nitro benzene ring substituents is 1. The van der Waals surface area contributed by atoms with E-state index in [9.17, 15) is 10.1 Å². The standard InChI is InChI=1S/C16H12N2O.C8H3N3O2.C8H10O.CH4NP.CH2O3.2K.H/c1-4-12-6-5-7-13(10-12)19-14-8-9-15(17-2)16(11-14)18-3;1-9-7-4-3-6(11(12)13)5-8(7)10-2;1-2-7-4-3-5-8(9)6-7;1-2-3;2-1-4-3;;;/h5-11H,4H2,1H3;3-5H;3-6,9H,2H2,1H3;3H,1H3;1,3H;;;/q;;;;;2*+1;-1/p-1. The second-order valence-electron chi connectivity index (χ2n) is 8.57. The van der Waals surface area contributed by atoms with Gasteiger partial charge in [0.1, 0.15) is 17.2 Å². The minimum atomic E-state index is -0.595. The molecule has 0 aliphatic rings. The molecule has 1 N–H and O–H groups in total. The molecule has 0 spiro atoms. The van der Waals surface area contributed by atoms with Gasteiger partial charge in [-0.25, -0.2) is 9.69 Å². The molecule has 16 heteroatoms. The molecule has 0 aromatic heterocycles. The fraction of sp³-hybridized carbons (Fsp3) is 0.147. The fourth-order valence-corrected chi connectivity index (χ4v) is 3.30. The monoisotopic (exact) mass is 744 g/mol. The molecule has 50 heavy (non-hydrogen) atoms. The number of aromatic hydroxyl groups is 1. The van der Waals surface area contributed by atoms with E-state index in [1.54, 1.807) is 37.4 Å². The van der Waals surface area contributed by atoms with Gasteiger partial charge in [-0.1, -0.05) is 50.2 Å². The van der Waals surface area contributed by atoms with Gasteiger partial charge in [-0.3, -0.25) is 29.3 Å². The summed E-state index contributed by atoms with van der Waals surface area (Å²) in [6, 6.07) is 23.6. The Kier molecular flexibility index (Phi) is 32.3. The number of nitrogens with zero attached hydrogens (tertiary/aromatic N) is 6. The number of carbonyl (C=O) groups is 1. The summed E-state index contributed by atoms with van der Waals surface area (Å²) in [6.07, 6.45) is 1.93. The van der Waals surface area contributed by atoms with Crippen molar-refractivity contribution in [2.24, 2.45) is 4.74 Å². The average Bonchev–Trinajstić information content (AvgIpc) is 3.12. The third-order valence-electron chi connectivity index (χ3n) is 5.50. The van der Waals surface area contributed by atoms with Crippen molar-refractivity contribution in [3.8, 4) is 17.2 Å². The molecule has 0 unspecified atom stereocenters. The van der Waals surface area contributed by atoms with E-state index in [-0.39, 0.29) is 128 Å². The van der Waals surface area contributed by atoms with Crippen LogP contribution in [0, 0.1) is 36.4 Å². The summed E-state index contributed by atoms with van der Waals surface area (Å²) in [5.74, 6) is 1.67. The summed E-state index contributed by atoms with van der Waals surface area (Å²) < 4.78 is 9.02. The van der Waals surface area contributed by atoms with Gasteiger partial charge in [-0.15, -0.1) is 0 Å². The molecule has 0 saturated carbocycles. The smallest absolute Gasteiger partial charge is 1.00 e. The van der Waals surface area contributed by atoms with E-state index in [0.29, 0.717) is 22.9 Å². The Balaban J connectivity index is -0.000000302. The molecular formula is C34H31K2N6O7P. The number of nitro groups is 1. The van der Waals surface area contributed by atoms with Gasteiger partial charge in [0, 0.05) is 19.2 Å². The quantitative estimate of drug-likeness (QED) is 0.0606. The Morgan fingerprint density at radius 3 is 1.66 bits per heavy atom. The van der Waals surface area contributed by atoms with E-state index in [1.165, 1.54) is 23.3 Å². The van der Waals surface area contributed by atoms with Crippen molar-refractivity contribution < 1.29 is 134 Å². The van der Waals surface area contributed by atoms with Gasteiger partial charge >= 0.3 is 103 Å². The minimum Gasteiger partial charge on any atom is -1.00 e. The number of phenolic OH excluding ortho intramolecular Hbond substituents is 1. The third-order valence-corrected chi connectivity index (χ3v) is 5.50. The third kappa shape index (κ3) is 21.0. The van der Waals surface area contributed by atoms with Crippen LogP contribution in [0.1, 0.15) is 26.4 Å². The first-order chi connectivity index (χ1) is 23.1. The molecule has 0 bridgehead atoms. The summed E-state index contributed by atoms with van der Waals surface area (Å²) >= 11 is 0. The van der Waals surface area contributed by atoms with Crippen LogP contribution in [0.25, 0.3) is 19.4 Å². The zero-order valence-corrected chi connectivity index (χ0v) is 35.4. The predicted molar refractivity (Wildman–Crippen MR) is 183 cm³/mol. The molecule has 0 aliphatic carbocycles. The Bertz CT molecular complexity index is 1840. The van der Waals surface area contributed by atoms with Crippen molar-refractivity contribution >= 4 is 43.9 Å². The Labute approximate surface area is 380 Å². The van der Waals surface area contributed by atoms with E-state index < -0.39 is 4.92 Å². The maximum Gasteiger partial charge on any atom is 1.00 e. The zero-order valence-electron chi connectivity index (χ0n) is 29.2. The summed E-state index contributed by atoms with van der Waals surface area (Å²) in [5, 5.41) is 27.7. The van der Waals surface area contributed by atoms with Crippen molar-refractivity contribution in [2.75, 3.05) is 7.05 Å². The van der Waals surface area contributed by atoms with E-state index in [4.69, 9.17) is 46.2 Å². The topological polar surface area (TPSA) is 152 Å². The number of non-ortho nitro benzene ring substituents is 1. The molecule has 4 aromatic carbocycles. The van der Waals surface area contributed by atoms with E-state index in [2.05, 4.69) is 51.9 Å². The van der Waals surface area contributed by atoms with Gasteiger partial charge in [0.05, 0.1) is 31.2 Å². The Morgan fingerprint density at radius 2 is 1.24 bits per heavy atom. The molecule has 13 nitrogen and oxygen atoms in total. The van der Waals surface area contributed by atoms with Crippen LogP contribution < -0.4 is 113 Å². The number of ether oxygens (including phenoxy) is 1. The molecule has 0 amide bonds. The van der Waals surface area contributed by atoms with Gasteiger partial charge in [0.2, 0.25) is 5.69 Å². The maximum atomic E-state index is 10.3. The second kappa shape index (κ2) is 31.6. The summed E-state index contributed by atoms with van der Waals surface area (Å²) in [7, 11) is 4.47. The van der Waals surface area contributed by atoms with E-state index >= 15 is 0 Å². The van der Waals surface area contributed by atoms with Crippen molar-refractivity contribution in [3.63, 3.8) is 0 Å². The van der Waals surface area contributed by atoms with Crippen molar-refractivity contribution in [1.29, 1.82) is 0 Å². The summed E-state index contributed by atoms with van der Waals surface area (Å²) in [4.78, 5) is 33.7. The summed E-state index contributed by atoms with van der Waals surface area (Å²) in [5.41, 5.74) is 3.03. The molecule has 0 aliphatic heterocycles. The molecule has 246 valence electrons. The zero-order chi connectivity index (χ0) is 36.3. The van der Waals surface area contributed by atoms with Crippen molar-refractivity contribution in [3.05, 3.63) is 152 Å². The number of carbonyl (C=O) groups excluding carboxylic acids is 1. The van der Waals surface area contributed by atoms with Gasteiger partial charge in [-0.05, 0) is 69.4 Å². The predicted octanol–water partition coefficient (Wildman–Crippen LogP) is 3.29. The normalized spacial score (nSPS) is 8.16. The van der Waals surface area contributed by atoms with Crippen LogP contribution in [0.3, 0.4) is 0 Å². The van der Waals surface area contributed by atoms with Crippen LogP contribution in [0.4, 0.5) is 28.4 Å². The maximum absolute atomic E-state index is 10.3. The van der Waals surface area contributed by atoms with E-state index in [1.807, 2.05) is 36.4 Å². The molecular weight excluding hydrogens is 714 g/mol. The SMILES string of the molecule is CCc1cccc(O)c1.CN=P.O=CO[O-].[C-]#[N+]c1ccc(Oc2cccc(CC)c2)cc1[N+]#[C-].[C-]#[N+]c1ccc([N+](=O)[O-])cc1[N+]#[C-].[H-].[K+].[K+]. The van der Waals surface area contributed by atoms with Crippen molar-refractivity contribution in [1.82, 2.24) is 0 Å². The number of hydrogen-bond acceptors (Lipinski definition) is 8. The molecule has 0 radical (unpaired) electrons. The van der Waals surface area contributed by atoms with Crippen molar-refractivity contribution in [2.45, 2.75) is 26.7 Å². The summed E-state index contributed by atoms with van der Waals surface area (Å²) in [6.45, 7) is 31.4. The van der Waals surface area contributed by atoms with Crippen LogP contribution in [0.2, 0.25) is 0 Å². The van der Waals surface area contributed by atoms with Crippen LogP contribution in [0.15, 0.2) is 89.7 Å². The molecule has 0 heterocycles. The average molecular weight is 745 g/mol. The van der Waals surface area contributed by atoms with Crippen LogP contribution in [-0.2, 0) is 22.5 Å². The van der Waals surface area contributed by atoms with Gasteiger partial charge in [-0.2, -0.15) is 0 Å². The van der Waals surface area contributed by atoms with E-state index in [0.717, 1.165) is 24.7 Å². The number of aryl methyl sites for hydroxylation is 2. The van der Waals surface area contributed by atoms with Gasteiger partial charge in [0.15, 0.2) is 17.1 Å². The largest absolute Gasteiger partial charge is 1.00 e. The first-order valence-electron chi connectivity index (χ1n) is 13.6.